The van der Waals surface area contributed by atoms with Crippen LogP contribution in [0.3, 0.4) is 0 Å². The molecule has 0 aliphatic carbocycles. The highest BCUT2D eigenvalue weighted by molar-refractivity contribution is 5.71. The Morgan fingerprint density at radius 2 is 1.83 bits per heavy atom. The van der Waals surface area contributed by atoms with E-state index in [1.54, 1.807) is 0 Å². The maximum atomic E-state index is 6.04. The van der Waals surface area contributed by atoms with Crippen molar-refractivity contribution in [3.63, 3.8) is 0 Å². The highest BCUT2D eigenvalue weighted by Gasteiger charge is 2.09. The molecular weight excluding hydrogens is 222 g/mol. The molecule has 1 heterocycles. The van der Waals surface area contributed by atoms with Gasteiger partial charge in [0.1, 0.15) is 0 Å². The number of anilines is 2. The smallest absolute Gasteiger partial charge is 0.0630 e. The Morgan fingerprint density at radius 1 is 1.11 bits per heavy atom. The lowest BCUT2D eigenvalue weighted by Gasteiger charge is -2.23. The standard InChI is InChI=1S/C15H19N3/c1-11-6-4-9-14(16)15(11)18(3)10-13-8-5-7-12(2)17-13/h4-9H,10,16H2,1-3H3. The van der Waals surface area contributed by atoms with Gasteiger partial charge in [-0.15, -0.1) is 0 Å². The molecular formula is C15H19N3. The van der Waals surface area contributed by atoms with Gasteiger partial charge in [0.05, 0.1) is 23.6 Å². The first-order valence-electron chi connectivity index (χ1n) is 6.06. The second-order valence-electron chi connectivity index (χ2n) is 4.64. The maximum absolute atomic E-state index is 6.04. The van der Waals surface area contributed by atoms with Crippen molar-refractivity contribution < 1.29 is 0 Å². The monoisotopic (exact) mass is 241 g/mol. The van der Waals surface area contributed by atoms with Gasteiger partial charge < -0.3 is 10.6 Å². The summed E-state index contributed by atoms with van der Waals surface area (Å²) in [5.41, 5.74) is 11.2. The Labute approximate surface area is 108 Å². The highest BCUT2D eigenvalue weighted by atomic mass is 15.1. The topological polar surface area (TPSA) is 42.1 Å². The average molecular weight is 241 g/mol. The summed E-state index contributed by atoms with van der Waals surface area (Å²) in [6.07, 6.45) is 0. The number of rotatable bonds is 3. The largest absolute Gasteiger partial charge is 0.397 e. The van der Waals surface area contributed by atoms with E-state index >= 15 is 0 Å². The summed E-state index contributed by atoms with van der Waals surface area (Å²) in [7, 11) is 2.04. The van der Waals surface area contributed by atoms with Gasteiger partial charge >= 0.3 is 0 Å². The minimum absolute atomic E-state index is 0.761. The van der Waals surface area contributed by atoms with Gasteiger partial charge in [-0.05, 0) is 37.6 Å². The number of aryl methyl sites for hydroxylation is 2. The molecule has 3 nitrogen and oxygen atoms in total. The summed E-state index contributed by atoms with van der Waals surface area (Å²) in [5, 5.41) is 0. The Hall–Kier alpha value is -2.03. The van der Waals surface area contributed by atoms with Gasteiger partial charge in [0, 0.05) is 12.7 Å². The van der Waals surface area contributed by atoms with Crippen LogP contribution in [0.1, 0.15) is 17.0 Å². The fourth-order valence-corrected chi connectivity index (χ4v) is 2.21. The lowest BCUT2D eigenvalue weighted by molar-refractivity contribution is 0.874. The molecule has 1 aromatic heterocycles. The van der Waals surface area contributed by atoms with E-state index in [-0.39, 0.29) is 0 Å². The van der Waals surface area contributed by atoms with Gasteiger partial charge in [0.15, 0.2) is 0 Å². The first-order chi connectivity index (χ1) is 8.58. The Kier molecular flexibility index (Phi) is 3.51. The van der Waals surface area contributed by atoms with Gasteiger partial charge in [-0.1, -0.05) is 18.2 Å². The molecule has 2 N–H and O–H groups in total. The lowest BCUT2D eigenvalue weighted by Crippen LogP contribution is -2.19. The van der Waals surface area contributed by atoms with E-state index in [1.807, 2.05) is 44.3 Å². The third-order valence-corrected chi connectivity index (χ3v) is 3.00. The molecule has 18 heavy (non-hydrogen) atoms. The molecule has 2 rings (SSSR count). The number of nitrogen functional groups attached to an aromatic ring is 1. The van der Waals surface area contributed by atoms with Crippen molar-refractivity contribution in [1.82, 2.24) is 4.98 Å². The zero-order valence-corrected chi connectivity index (χ0v) is 11.1. The van der Waals surface area contributed by atoms with E-state index in [9.17, 15) is 0 Å². The van der Waals surface area contributed by atoms with Gasteiger partial charge in [-0.3, -0.25) is 4.98 Å². The second kappa shape index (κ2) is 5.08. The van der Waals surface area contributed by atoms with Crippen LogP contribution >= 0.6 is 0 Å². The van der Waals surface area contributed by atoms with Crippen LogP contribution in [0.15, 0.2) is 36.4 Å². The van der Waals surface area contributed by atoms with Crippen LogP contribution in [0.25, 0.3) is 0 Å². The van der Waals surface area contributed by atoms with Crippen LogP contribution in [0.4, 0.5) is 11.4 Å². The van der Waals surface area contributed by atoms with Crippen molar-refractivity contribution in [1.29, 1.82) is 0 Å². The van der Waals surface area contributed by atoms with Crippen molar-refractivity contribution in [2.45, 2.75) is 20.4 Å². The number of para-hydroxylation sites is 1. The molecule has 0 saturated heterocycles. The highest BCUT2D eigenvalue weighted by Crippen LogP contribution is 2.27. The molecule has 0 fully saturated rings. The van der Waals surface area contributed by atoms with Gasteiger partial charge in [0.2, 0.25) is 0 Å². The molecule has 0 unspecified atom stereocenters. The molecule has 0 spiro atoms. The number of nitrogens with zero attached hydrogens (tertiary/aromatic N) is 2. The van der Waals surface area contributed by atoms with E-state index in [0.29, 0.717) is 0 Å². The van der Waals surface area contributed by atoms with Crippen molar-refractivity contribution in [2.24, 2.45) is 0 Å². The van der Waals surface area contributed by atoms with Crippen LogP contribution in [-0.4, -0.2) is 12.0 Å². The van der Waals surface area contributed by atoms with E-state index in [1.165, 1.54) is 5.56 Å². The molecule has 3 heteroatoms. The Balaban J connectivity index is 2.25. The summed E-state index contributed by atoms with van der Waals surface area (Å²) < 4.78 is 0. The summed E-state index contributed by atoms with van der Waals surface area (Å²) in [6.45, 7) is 4.84. The van der Waals surface area contributed by atoms with Crippen LogP contribution in [0.2, 0.25) is 0 Å². The summed E-state index contributed by atoms with van der Waals surface area (Å²) in [4.78, 5) is 6.66. The molecule has 0 bridgehead atoms. The third-order valence-electron chi connectivity index (χ3n) is 3.00. The maximum Gasteiger partial charge on any atom is 0.0630 e. The fraction of sp³-hybridized carbons (Fsp3) is 0.267. The Morgan fingerprint density at radius 3 is 2.50 bits per heavy atom. The van der Waals surface area contributed by atoms with Gasteiger partial charge in [-0.25, -0.2) is 0 Å². The van der Waals surface area contributed by atoms with Crippen molar-refractivity contribution >= 4 is 11.4 Å². The number of pyridine rings is 1. The van der Waals surface area contributed by atoms with E-state index in [2.05, 4.69) is 22.9 Å². The Bertz CT molecular complexity index is 529. The van der Waals surface area contributed by atoms with E-state index in [0.717, 1.165) is 29.3 Å². The van der Waals surface area contributed by atoms with Gasteiger partial charge in [0.25, 0.3) is 0 Å². The average Bonchev–Trinajstić information content (AvgIpc) is 2.28. The fourth-order valence-electron chi connectivity index (χ4n) is 2.21. The SMILES string of the molecule is Cc1cccc(CN(C)c2c(C)cccc2N)n1. The number of nitrogens with two attached hydrogens (primary N) is 1. The second-order valence-corrected chi connectivity index (χ2v) is 4.64. The van der Waals surface area contributed by atoms with Crippen molar-refractivity contribution in [3.8, 4) is 0 Å². The number of hydrogen-bond acceptors (Lipinski definition) is 3. The summed E-state index contributed by atoms with van der Waals surface area (Å²) in [5.74, 6) is 0. The minimum Gasteiger partial charge on any atom is -0.397 e. The van der Waals surface area contributed by atoms with Crippen molar-refractivity contribution in [2.75, 3.05) is 17.7 Å². The lowest BCUT2D eigenvalue weighted by atomic mass is 10.1. The predicted molar refractivity (Wildman–Crippen MR) is 76.7 cm³/mol. The molecule has 0 amide bonds. The normalized spacial score (nSPS) is 10.4. The van der Waals surface area contributed by atoms with Crippen LogP contribution < -0.4 is 10.6 Å². The molecule has 0 atom stereocenters. The van der Waals surface area contributed by atoms with E-state index in [4.69, 9.17) is 5.73 Å². The van der Waals surface area contributed by atoms with Crippen LogP contribution in [-0.2, 0) is 6.54 Å². The van der Waals surface area contributed by atoms with Crippen LogP contribution in [0, 0.1) is 13.8 Å². The minimum atomic E-state index is 0.761. The number of hydrogen-bond donors (Lipinski definition) is 1. The molecule has 94 valence electrons. The zero-order chi connectivity index (χ0) is 13.1. The first kappa shape index (κ1) is 12.4. The predicted octanol–water partition coefficient (Wildman–Crippen LogP) is 2.92. The third kappa shape index (κ3) is 2.62. The van der Waals surface area contributed by atoms with E-state index < -0.39 is 0 Å². The first-order valence-corrected chi connectivity index (χ1v) is 6.06. The quantitative estimate of drug-likeness (QED) is 0.840. The molecule has 0 radical (unpaired) electrons. The number of aromatic nitrogens is 1. The number of benzene rings is 1. The molecule has 1 aromatic carbocycles. The van der Waals surface area contributed by atoms with Crippen molar-refractivity contribution in [3.05, 3.63) is 53.3 Å². The zero-order valence-electron chi connectivity index (χ0n) is 11.1. The molecule has 0 aliphatic rings. The van der Waals surface area contributed by atoms with Crippen LogP contribution in [0.5, 0.6) is 0 Å². The molecule has 0 saturated carbocycles. The summed E-state index contributed by atoms with van der Waals surface area (Å²) >= 11 is 0. The molecule has 0 aliphatic heterocycles. The van der Waals surface area contributed by atoms with Gasteiger partial charge in [-0.2, -0.15) is 0 Å². The summed E-state index contributed by atoms with van der Waals surface area (Å²) in [6, 6.07) is 12.1. The molecule has 2 aromatic rings.